The average molecular weight is 331 g/mol. The maximum atomic E-state index is 13.9. The van der Waals surface area contributed by atoms with Gasteiger partial charge in [-0.1, -0.05) is 0 Å². The minimum absolute atomic E-state index is 0.186. The van der Waals surface area contributed by atoms with Crippen LogP contribution in [0.15, 0.2) is 18.2 Å². The predicted octanol–water partition coefficient (Wildman–Crippen LogP) is 3.61. The number of ether oxygens (including phenoxy) is 2. The molecular weight excluding hydrogens is 312 g/mol. The van der Waals surface area contributed by atoms with Gasteiger partial charge in [0.25, 0.3) is 5.92 Å². The van der Waals surface area contributed by atoms with E-state index in [0.29, 0.717) is 0 Å². The highest BCUT2D eigenvalue weighted by atomic mass is 19.3. The van der Waals surface area contributed by atoms with Crippen LogP contribution in [0.2, 0.25) is 0 Å². The van der Waals surface area contributed by atoms with Crippen molar-refractivity contribution >= 4 is 17.7 Å². The number of benzene rings is 1. The number of halogens is 2. The van der Waals surface area contributed by atoms with Gasteiger partial charge in [-0.15, -0.1) is 0 Å². The molecule has 0 unspecified atom stereocenters. The molecule has 6 nitrogen and oxygen atoms in total. The molecule has 23 heavy (non-hydrogen) atoms. The van der Waals surface area contributed by atoms with Gasteiger partial charge < -0.3 is 14.6 Å². The molecule has 1 aromatic rings. The molecule has 0 spiro atoms. The molecule has 0 radical (unpaired) electrons. The second kappa shape index (κ2) is 6.80. The summed E-state index contributed by atoms with van der Waals surface area (Å²) >= 11 is 0. The van der Waals surface area contributed by atoms with Crippen LogP contribution in [0.25, 0.3) is 0 Å². The van der Waals surface area contributed by atoms with E-state index in [1.54, 1.807) is 20.8 Å². The molecule has 0 saturated carbocycles. The number of anilines is 1. The first kappa shape index (κ1) is 18.7. The molecule has 0 heterocycles. The van der Waals surface area contributed by atoms with E-state index in [0.717, 1.165) is 6.07 Å². The number of carboxylic acid groups (broad SMARTS) is 1. The van der Waals surface area contributed by atoms with Crippen molar-refractivity contribution in [1.29, 1.82) is 0 Å². The standard InChI is InChI=1S/C15H19F2NO5/c1-14(2,3)23-13(21)18-9-5-6-10(11(7-9)22-4)15(16,17)8-12(19)20/h5-7H,8H2,1-4H3,(H,18,21)(H,19,20). The number of carboxylic acids is 1. The van der Waals surface area contributed by atoms with Crippen LogP contribution in [-0.4, -0.2) is 29.9 Å². The molecule has 8 heteroatoms. The lowest BCUT2D eigenvalue weighted by molar-refractivity contribution is -0.145. The van der Waals surface area contributed by atoms with Crippen molar-refractivity contribution in [3.63, 3.8) is 0 Å². The number of methoxy groups -OCH3 is 1. The van der Waals surface area contributed by atoms with Gasteiger partial charge in [-0.2, -0.15) is 0 Å². The molecule has 1 rings (SSSR count). The smallest absolute Gasteiger partial charge is 0.412 e. The summed E-state index contributed by atoms with van der Waals surface area (Å²) in [7, 11) is 1.17. The molecule has 128 valence electrons. The lowest BCUT2D eigenvalue weighted by Crippen LogP contribution is -2.27. The summed E-state index contributed by atoms with van der Waals surface area (Å²) in [5, 5.41) is 11.0. The lowest BCUT2D eigenvalue weighted by Gasteiger charge is -2.21. The molecule has 0 fully saturated rings. The summed E-state index contributed by atoms with van der Waals surface area (Å²) in [4.78, 5) is 22.2. The molecule has 1 amide bonds. The highest BCUT2D eigenvalue weighted by Gasteiger charge is 2.37. The van der Waals surface area contributed by atoms with Crippen LogP contribution in [0.5, 0.6) is 5.75 Å². The summed E-state index contributed by atoms with van der Waals surface area (Å²) in [6.45, 7) is 5.05. The highest BCUT2D eigenvalue weighted by molar-refractivity contribution is 5.85. The molecule has 0 atom stereocenters. The number of rotatable bonds is 5. The van der Waals surface area contributed by atoms with Crippen molar-refractivity contribution in [2.24, 2.45) is 0 Å². The monoisotopic (exact) mass is 331 g/mol. The summed E-state index contributed by atoms with van der Waals surface area (Å²) in [6.07, 6.45) is -2.10. The maximum Gasteiger partial charge on any atom is 0.412 e. The Morgan fingerprint density at radius 3 is 2.35 bits per heavy atom. The number of carbonyl (C=O) groups excluding carboxylic acids is 1. The first-order valence-electron chi connectivity index (χ1n) is 6.73. The van der Waals surface area contributed by atoms with Crippen molar-refractivity contribution in [2.45, 2.75) is 38.7 Å². The van der Waals surface area contributed by atoms with Gasteiger partial charge in [0.05, 0.1) is 12.7 Å². The lowest BCUT2D eigenvalue weighted by atomic mass is 10.0. The molecular formula is C15H19F2NO5. The van der Waals surface area contributed by atoms with Crippen molar-refractivity contribution in [1.82, 2.24) is 0 Å². The van der Waals surface area contributed by atoms with E-state index in [9.17, 15) is 18.4 Å². The van der Waals surface area contributed by atoms with Crippen LogP contribution in [0.4, 0.5) is 19.3 Å². The Morgan fingerprint density at radius 2 is 1.87 bits per heavy atom. The van der Waals surface area contributed by atoms with Crippen molar-refractivity contribution in [3.8, 4) is 5.75 Å². The van der Waals surface area contributed by atoms with Crippen molar-refractivity contribution in [3.05, 3.63) is 23.8 Å². The minimum Gasteiger partial charge on any atom is -0.496 e. The first-order valence-corrected chi connectivity index (χ1v) is 6.73. The maximum absolute atomic E-state index is 13.9. The molecule has 0 aliphatic carbocycles. The predicted molar refractivity (Wildman–Crippen MR) is 79.0 cm³/mol. The van der Waals surface area contributed by atoms with Crippen LogP contribution in [0, 0.1) is 0 Å². The molecule has 0 saturated heterocycles. The highest BCUT2D eigenvalue weighted by Crippen LogP contribution is 2.39. The van der Waals surface area contributed by atoms with Gasteiger partial charge in [-0.3, -0.25) is 10.1 Å². The fraction of sp³-hybridized carbons (Fsp3) is 0.467. The summed E-state index contributed by atoms with van der Waals surface area (Å²) in [5.41, 5.74) is -1.09. The Bertz CT molecular complexity index is 596. The number of hydrogen-bond acceptors (Lipinski definition) is 4. The average Bonchev–Trinajstić information content (AvgIpc) is 2.34. The number of alkyl halides is 2. The van der Waals surface area contributed by atoms with E-state index in [1.165, 1.54) is 19.2 Å². The minimum atomic E-state index is -3.60. The van der Waals surface area contributed by atoms with E-state index in [4.69, 9.17) is 14.6 Å². The number of nitrogens with one attached hydrogen (secondary N) is 1. The molecule has 0 aromatic heterocycles. The molecule has 0 aliphatic heterocycles. The Labute approximate surface area is 132 Å². The SMILES string of the molecule is COc1cc(NC(=O)OC(C)(C)C)ccc1C(F)(F)CC(=O)O. The summed E-state index contributed by atoms with van der Waals surface area (Å²) in [5.74, 6) is -5.46. The van der Waals surface area contributed by atoms with Gasteiger partial charge in [0, 0.05) is 11.8 Å². The molecule has 0 aliphatic rings. The van der Waals surface area contributed by atoms with E-state index in [1.807, 2.05) is 0 Å². The zero-order chi connectivity index (χ0) is 17.8. The van der Waals surface area contributed by atoms with E-state index >= 15 is 0 Å². The van der Waals surface area contributed by atoms with Gasteiger partial charge in [0.2, 0.25) is 0 Å². The number of amides is 1. The Kier molecular flexibility index (Phi) is 5.52. The fourth-order valence-corrected chi connectivity index (χ4v) is 1.78. The Balaban J connectivity index is 3.01. The van der Waals surface area contributed by atoms with E-state index in [2.05, 4.69) is 5.32 Å². The number of aliphatic carboxylic acids is 1. The van der Waals surface area contributed by atoms with Gasteiger partial charge in [-0.05, 0) is 32.9 Å². The van der Waals surface area contributed by atoms with Crippen LogP contribution >= 0.6 is 0 Å². The summed E-state index contributed by atoms with van der Waals surface area (Å²) < 4.78 is 37.7. The third-order valence-electron chi connectivity index (χ3n) is 2.61. The van der Waals surface area contributed by atoms with Crippen molar-refractivity contribution < 1.29 is 33.0 Å². The Hall–Kier alpha value is -2.38. The fourth-order valence-electron chi connectivity index (χ4n) is 1.78. The van der Waals surface area contributed by atoms with Crippen LogP contribution in [-0.2, 0) is 15.5 Å². The zero-order valence-corrected chi connectivity index (χ0v) is 13.3. The third-order valence-corrected chi connectivity index (χ3v) is 2.61. The van der Waals surface area contributed by atoms with Crippen LogP contribution in [0.1, 0.15) is 32.8 Å². The second-order valence-electron chi connectivity index (χ2n) is 5.82. The van der Waals surface area contributed by atoms with Gasteiger partial charge in [0.1, 0.15) is 17.8 Å². The molecule has 0 bridgehead atoms. The van der Waals surface area contributed by atoms with Crippen LogP contribution < -0.4 is 10.1 Å². The topological polar surface area (TPSA) is 84.9 Å². The van der Waals surface area contributed by atoms with Crippen molar-refractivity contribution in [2.75, 3.05) is 12.4 Å². The Morgan fingerprint density at radius 1 is 1.26 bits per heavy atom. The van der Waals surface area contributed by atoms with Gasteiger partial charge in [0.15, 0.2) is 0 Å². The van der Waals surface area contributed by atoms with E-state index < -0.39 is 35.6 Å². The number of hydrogen-bond donors (Lipinski definition) is 2. The zero-order valence-electron chi connectivity index (χ0n) is 13.3. The largest absolute Gasteiger partial charge is 0.496 e. The molecule has 1 aromatic carbocycles. The quantitative estimate of drug-likeness (QED) is 0.861. The first-order chi connectivity index (χ1) is 10.4. The number of carbonyl (C=O) groups is 2. The summed E-state index contributed by atoms with van der Waals surface area (Å²) in [6, 6.07) is 3.40. The molecule has 2 N–H and O–H groups in total. The van der Waals surface area contributed by atoms with E-state index in [-0.39, 0.29) is 11.4 Å². The second-order valence-corrected chi connectivity index (χ2v) is 5.82. The normalized spacial score (nSPS) is 11.7. The van der Waals surface area contributed by atoms with Crippen LogP contribution in [0.3, 0.4) is 0 Å². The van der Waals surface area contributed by atoms with Gasteiger partial charge in [-0.25, -0.2) is 13.6 Å². The van der Waals surface area contributed by atoms with Gasteiger partial charge >= 0.3 is 12.1 Å². The third kappa shape index (κ3) is 5.72.